The molecule has 4 heteroatoms. The molecule has 0 saturated carbocycles. The number of Topliss-reactive ketones (excluding diaryl/α,β-unsaturated/α-hetero) is 1. The Labute approximate surface area is 92.7 Å². The van der Waals surface area contributed by atoms with E-state index < -0.39 is 5.97 Å². The Hall–Kier alpha value is -1.16. The van der Waals surface area contributed by atoms with E-state index in [1.54, 1.807) is 6.07 Å². The van der Waals surface area contributed by atoms with Crippen LogP contribution in [0.2, 0.25) is 0 Å². The molecule has 1 rings (SSSR count). The number of carboxylic acids is 1. The molecule has 0 amide bonds. The first-order chi connectivity index (χ1) is 6.73. The summed E-state index contributed by atoms with van der Waals surface area (Å²) in [4.78, 5) is 23.0. The Bertz CT molecular complexity index is 410. The van der Waals surface area contributed by atoms with Crippen LogP contribution >= 0.6 is 11.3 Å². The Balaban J connectivity index is 3.37. The predicted molar refractivity (Wildman–Crippen MR) is 60.0 cm³/mol. The number of carboxylic acid groups (broad SMARTS) is 1. The number of rotatable bonds is 2. The molecule has 0 bridgehead atoms. The fourth-order valence-electron chi connectivity index (χ4n) is 1.28. The van der Waals surface area contributed by atoms with E-state index in [0.717, 1.165) is 16.9 Å². The zero-order chi connectivity index (χ0) is 11.8. The van der Waals surface area contributed by atoms with Gasteiger partial charge in [0.1, 0.15) is 4.88 Å². The monoisotopic (exact) mass is 226 g/mol. The van der Waals surface area contributed by atoms with Crippen LogP contribution in [0.1, 0.15) is 52.6 Å². The van der Waals surface area contributed by atoms with Gasteiger partial charge in [0.2, 0.25) is 0 Å². The maximum absolute atomic E-state index is 11.2. The van der Waals surface area contributed by atoms with Gasteiger partial charge in [0.25, 0.3) is 0 Å². The minimum absolute atomic E-state index is 0.0852. The van der Waals surface area contributed by atoms with Crippen LogP contribution in [0.4, 0.5) is 0 Å². The molecule has 15 heavy (non-hydrogen) atoms. The van der Waals surface area contributed by atoms with Gasteiger partial charge in [0.15, 0.2) is 5.78 Å². The highest BCUT2D eigenvalue weighted by Crippen LogP contribution is 2.32. The van der Waals surface area contributed by atoms with Crippen LogP contribution in [0.3, 0.4) is 0 Å². The molecule has 3 nitrogen and oxygen atoms in total. The standard InChI is InChI=1S/C11H14O3S/c1-6(12)8-5-7(11(2,3)4)9(15-8)10(13)14/h5H,1-4H3,(H,13,14). The van der Waals surface area contributed by atoms with Gasteiger partial charge in [-0.05, 0) is 24.0 Å². The predicted octanol–water partition coefficient (Wildman–Crippen LogP) is 2.95. The second kappa shape index (κ2) is 3.77. The molecule has 0 aliphatic heterocycles. The van der Waals surface area contributed by atoms with Crippen LogP contribution in [0.25, 0.3) is 0 Å². The molecule has 0 atom stereocenters. The van der Waals surface area contributed by atoms with Crippen LogP contribution in [-0.4, -0.2) is 16.9 Å². The summed E-state index contributed by atoms with van der Waals surface area (Å²) >= 11 is 1.05. The fourth-order valence-corrected chi connectivity index (χ4v) is 2.38. The number of carbonyl (C=O) groups is 2. The molecule has 0 radical (unpaired) electrons. The van der Waals surface area contributed by atoms with Crippen molar-refractivity contribution in [1.82, 2.24) is 0 Å². The van der Waals surface area contributed by atoms with Gasteiger partial charge in [-0.15, -0.1) is 11.3 Å². The molecule has 0 unspecified atom stereocenters. The Morgan fingerprint density at radius 3 is 2.13 bits per heavy atom. The van der Waals surface area contributed by atoms with Crippen molar-refractivity contribution in [3.63, 3.8) is 0 Å². The first kappa shape index (κ1) is 11.9. The van der Waals surface area contributed by atoms with Crippen molar-refractivity contribution in [2.24, 2.45) is 0 Å². The zero-order valence-corrected chi connectivity index (χ0v) is 10.1. The minimum Gasteiger partial charge on any atom is -0.477 e. The summed E-state index contributed by atoms with van der Waals surface area (Å²) < 4.78 is 0. The van der Waals surface area contributed by atoms with Crippen molar-refractivity contribution in [3.8, 4) is 0 Å². The van der Waals surface area contributed by atoms with E-state index >= 15 is 0 Å². The molecule has 0 aromatic carbocycles. The average Bonchev–Trinajstić information content (AvgIpc) is 2.45. The summed E-state index contributed by atoms with van der Waals surface area (Å²) in [5, 5.41) is 9.02. The molecule has 1 aromatic heterocycles. The topological polar surface area (TPSA) is 54.4 Å². The lowest BCUT2D eigenvalue weighted by Crippen LogP contribution is -2.14. The van der Waals surface area contributed by atoms with Crippen LogP contribution in [0, 0.1) is 0 Å². The van der Waals surface area contributed by atoms with Crippen LogP contribution in [0.5, 0.6) is 0 Å². The molecule has 1 aromatic rings. The summed E-state index contributed by atoms with van der Waals surface area (Å²) in [6.07, 6.45) is 0. The zero-order valence-electron chi connectivity index (χ0n) is 9.25. The molecular weight excluding hydrogens is 212 g/mol. The second-order valence-corrected chi connectivity index (χ2v) is 5.52. The van der Waals surface area contributed by atoms with E-state index in [4.69, 9.17) is 5.11 Å². The number of hydrogen-bond donors (Lipinski definition) is 1. The molecule has 0 aliphatic carbocycles. The van der Waals surface area contributed by atoms with Crippen molar-refractivity contribution in [2.45, 2.75) is 33.1 Å². The molecule has 1 heterocycles. The van der Waals surface area contributed by atoms with Gasteiger partial charge in [-0.1, -0.05) is 20.8 Å². The summed E-state index contributed by atoms with van der Waals surface area (Å²) in [5.41, 5.74) is 0.475. The SMILES string of the molecule is CC(=O)c1cc(C(C)(C)C)c(C(=O)O)s1. The van der Waals surface area contributed by atoms with Crippen molar-refractivity contribution in [3.05, 3.63) is 21.4 Å². The number of ketones is 1. The maximum Gasteiger partial charge on any atom is 0.346 e. The van der Waals surface area contributed by atoms with Gasteiger partial charge in [-0.25, -0.2) is 4.79 Å². The van der Waals surface area contributed by atoms with Crippen LogP contribution in [0.15, 0.2) is 6.07 Å². The largest absolute Gasteiger partial charge is 0.477 e. The molecule has 0 aliphatic rings. The van der Waals surface area contributed by atoms with E-state index in [2.05, 4.69) is 0 Å². The second-order valence-electron chi connectivity index (χ2n) is 4.46. The third kappa shape index (κ3) is 2.45. The first-order valence-electron chi connectivity index (χ1n) is 4.62. The van der Waals surface area contributed by atoms with E-state index in [9.17, 15) is 9.59 Å². The van der Waals surface area contributed by atoms with Crippen molar-refractivity contribution in [2.75, 3.05) is 0 Å². The molecule has 0 saturated heterocycles. The van der Waals surface area contributed by atoms with Gasteiger partial charge in [0, 0.05) is 0 Å². The quantitative estimate of drug-likeness (QED) is 0.789. The van der Waals surface area contributed by atoms with E-state index in [0.29, 0.717) is 4.88 Å². The summed E-state index contributed by atoms with van der Waals surface area (Å²) in [6.45, 7) is 7.26. The number of carbonyl (C=O) groups excluding carboxylic acids is 1. The third-order valence-corrected chi connectivity index (χ3v) is 3.31. The lowest BCUT2D eigenvalue weighted by Gasteiger charge is -2.17. The minimum atomic E-state index is -0.961. The molecule has 0 fully saturated rings. The van der Waals surface area contributed by atoms with Gasteiger partial charge in [0.05, 0.1) is 4.88 Å². The number of thiophene rings is 1. The first-order valence-corrected chi connectivity index (χ1v) is 5.43. The molecule has 82 valence electrons. The van der Waals surface area contributed by atoms with Crippen LogP contribution < -0.4 is 0 Å². The van der Waals surface area contributed by atoms with Gasteiger partial charge >= 0.3 is 5.97 Å². The van der Waals surface area contributed by atoms with Crippen molar-refractivity contribution < 1.29 is 14.7 Å². The third-order valence-electron chi connectivity index (χ3n) is 2.08. The van der Waals surface area contributed by atoms with Crippen molar-refractivity contribution >= 4 is 23.1 Å². The van der Waals surface area contributed by atoms with Gasteiger partial charge < -0.3 is 5.11 Å². The Morgan fingerprint density at radius 2 is 1.87 bits per heavy atom. The van der Waals surface area contributed by atoms with Crippen LogP contribution in [-0.2, 0) is 5.41 Å². The number of hydrogen-bond acceptors (Lipinski definition) is 3. The lowest BCUT2D eigenvalue weighted by molar-refractivity contribution is 0.0699. The fraction of sp³-hybridized carbons (Fsp3) is 0.455. The van der Waals surface area contributed by atoms with E-state index in [1.807, 2.05) is 20.8 Å². The van der Waals surface area contributed by atoms with Gasteiger partial charge in [-0.2, -0.15) is 0 Å². The van der Waals surface area contributed by atoms with E-state index in [1.165, 1.54) is 6.92 Å². The molecular formula is C11H14O3S. The lowest BCUT2D eigenvalue weighted by atomic mass is 9.87. The van der Waals surface area contributed by atoms with E-state index in [-0.39, 0.29) is 16.1 Å². The highest BCUT2D eigenvalue weighted by Gasteiger charge is 2.25. The summed E-state index contributed by atoms with van der Waals surface area (Å²) in [7, 11) is 0. The van der Waals surface area contributed by atoms with Gasteiger partial charge in [-0.3, -0.25) is 4.79 Å². The highest BCUT2D eigenvalue weighted by atomic mass is 32.1. The normalized spacial score (nSPS) is 11.5. The maximum atomic E-state index is 11.2. The van der Waals surface area contributed by atoms with Crippen molar-refractivity contribution in [1.29, 1.82) is 0 Å². The highest BCUT2D eigenvalue weighted by molar-refractivity contribution is 7.16. The summed E-state index contributed by atoms with van der Waals surface area (Å²) in [5.74, 6) is -1.05. The Morgan fingerprint density at radius 1 is 1.33 bits per heavy atom. The summed E-state index contributed by atoms with van der Waals surface area (Å²) in [6, 6.07) is 1.69. The number of aromatic carboxylic acids is 1. The molecule has 0 spiro atoms. The average molecular weight is 226 g/mol. The smallest absolute Gasteiger partial charge is 0.346 e. The molecule has 1 N–H and O–H groups in total. The Kier molecular flexibility index (Phi) is 3.00.